The molecule has 1 aliphatic heterocycles. The number of aliphatic hydroxyl groups is 3. The van der Waals surface area contributed by atoms with E-state index < -0.39 is 30.6 Å². The summed E-state index contributed by atoms with van der Waals surface area (Å²) in [5.41, 5.74) is 0. The third kappa shape index (κ3) is 3.61. The number of ether oxygens (including phenoxy) is 2. The largest absolute Gasteiger partial charge is 0.394 e. The van der Waals surface area contributed by atoms with E-state index in [4.69, 9.17) is 14.6 Å². The maximum absolute atomic E-state index is 9.96. The second-order valence-corrected chi connectivity index (χ2v) is 4.28. The molecule has 0 spiro atoms. The predicted octanol–water partition coefficient (Wildman–Crippen LogP) is -1.17. The van der Waals surface area contributed by atoms with Crippen LogP contribution in [0.3, 0.4) is 0 Å². The number of unbranched alkanes of at least 4 members (excludes halogenated alkanes) is 1. The second kappa shape index (κ2) is 7.25. The molecule has 1 rings (SSSR count). The first-order valence-electron chi connectivity index (χ1n) is 6.04. The molecule has 0 aromatic rings. The molecule has 5 atom stereocenters. The monoisotopic (exact) mass is 249 g/mol. The van der Waals surface area contributed by atoms with Crippen LogP contribution in [0.5, 0.6) is 0 Å². The van der Waals surface area contributed by atoms with E-state index in [0.717, 1.165) is 12.8 Å². The summed E-state index contributed by atoms with van der Waals surface area (Å²) in [6.07, 6.45) is -1.47. The van der Waals surface area contributed by atoms with Crippen molar-refractivity contribution in [3.8, 4) is 0 Å². The van der Waals surface area contributed by atoms with E-state index in [0.29, 0.717) is 6.54 Å². The standard InChI is InChI=1S/C11H23NO5/c1-3-4-5-12-8-9(14)7(6-13)17-11(16-2)10(8)15/h7-15H,3-6H2,1-2H3/t7-,8-,9-,10+,11+/m1/s1. The topological polar surface area (TPSA) is 91.2 Å². The Balaban J connectivity index is 2.61. The molecule has 6 heteroatoms. The van der Waals surface area contributed by atoms with Gasteiger partial charge in [0.15, 0.2) is 6.29 Å². The summed E-state index contributed by atoms with van der Waals surface area (Å²) in [6.45, 7) is 2.45. The van der Waals surface area contributed by atoms with Crippen molar-refractivity contribution in [2.24, 2.45) is 0 Å². The van der Waals surface area contributed by atoms with E-state index >= 15 is 0 Å². The molecule has 6 nitrogen and oxygen atoms in total. The van der Waals surface area contributed by atoms with E-state index in [-0.39, 0.29) is 6.61 Å². The number of hydrogen-bond acceptors (Lipinski definition) is 6. The first kappa shape index (κ1) is 14.8. The fraction of sp³-hybridized carbons (Fsp3) is 1.00. The fourth-order valence-corrected chi connectivity index (χ4v) is 1.97. The van der Waals surface area contributed by atoms with Gasteiger partial charge in [0.05, 0.1) is 12.6 Å². The zero-order valence-electron chi connectivity index (χ0n) is 10.4. The molecule has 0 aliphatic carbocycles. The van der Waals surface area contributed by atoms with Gasteiger partial charge in [0, 0.05) is 7.11 Å². The molecular formula is C11H23NO5. The van der Waals surface area contributed by atoms with Gasteiger partial charge in [-0.05, 0) is 13.0 Å². The predicted molar refractivity (Wildman–Crippen MR) is 61.5 cm³/mol. The summed E-state index contributed by atoms with van der Waals surface area (Å²) in [6, 6.07) is -0.544. The highest BCUT2D eigenvalue weighted by Crippen LogP contribution is 2.21. The van der Waals surface area contributed by atoms with Crippen LogP contribution in [0.1, 0.15) is 19.8 Å². The molecule has 102 valence electrons. The Bertz CT molecular complexity index is 200. The van der Waals surface area contributed by atoms with Gasteiger partial charge in [0.25, 0.3) is 0 Å². The number of methoxy groups -OCH3 is 1. The minimum atomic E-state index is -0.949. The van der Waals surface area contributed by atoms with Gasteiger partial charge < -0.3 is 30.1 Å². The molecule has 1 saturated heterocycles. The quantitative estimate of drug-likeness (QED) is 0.443. The van der Waals surface area contributed by atoms with Crippen LogP contribution < -0.4 is 5.32 Å². The van der Waals surface area contributed by atoms with Crippen LogP contribution in [-0.4, -0.2) is 66.2 Å². The van der Waals surface area contributed by atoms with Crippen molar-refractivity contribution < 1.29 is 24.8 Å². The van der Waals surface area contributed by atoms with Crippen molar-refractivity contribution in [1.29, 1.82) is 0 Å². The van der Waals surface area contributed by atoms with E-state index in [1.165, 1.54) is 7.11 Å². The van der Waals surface area contributed by atoms with E-state index in [2.05, 4.69) is 12.2 Å². The van der Waals surface area contributed by atoms with Gasteiger partial charge in [-0.3, -0.25) is 0 Å². The summed E-state index contributed by atoms with van der Waals surface area (Å²) >= 11 is 0. The van der Waals surface area contributed by atoms with Gasteiger partial charge in [0.1, 0.15) is 18.3 Å². The maximum atomic E-state index is 9.96. The Hall–Kier alpha value is -0.240. The summed E-state index contributed by atoms with van der Waals surface area (Å²) in [4.78, 5) is 0. The molecule has 0 unspecified atom stereocenters. The van der Waals surface area contributed by atoms with Crippen molar-refractivity contribution in [3.05, 3.63) is 0 Å². The molecule has 0 bridgehead atoms. The highest BCUT2D eigenvalue weighted by molar-refractivity contribution is 4.93. The smallest absolute Gasteiger partial charge is 0.185 e. The highest BCUT2D eigenvalue weighted by Gasteiger charge is 2.44. The first-order chi connectivity index (χ1) is 8.15. The van der Waals surface area contributed by atoms with E-state index in [1.54, 1.807) is 0 Å². The Morgan fingerprint density at radius 3 is 2.53 bits per heavy atom. The van der Waals surface area contributed by atoms with Gasteiger partial charge in [-0.2, -0.15) is 0 Å². The summed E-state index contributed by atoms with van der Waals surface area (Å²) < 4.78 is 10.2. The molecule has 1 fully saturated rings. The van der Waals surface area contributed by atoms with E-state index in [1.807, 2.05) is 0 Å². The zero-order valence-corrected chi connectivity index (χ0v) is 10.4. The SMILES string of the molecule is CCCCN[C@H]1[C@H](O)[C@@H](OC)O[C@H](CO)[C@H]1O. The lowest BCUT2D eigenvalue weighted by Gasteiger charge is -2.42. The van der Waals surface area contributed by atoms with Crippen LogP contribution >= 0.6 is 0 Å². The molecule has 0 aromatic carbocycles. The van der Waals surface area contributed by atoms with Gasteiger partial charge in [-0.1, -0.05) is 13.3 Å². The highest BCUT2D eigenvalue weighted by atomic mass is 16.7. The second-order valence-electron chi connectivity index (χ2n) is 4.28. The van der Waals surface area contributed by atoms with Crippen LogP contribution in [0.15, 0.2) is 0 Å². The van der Waals surface area contributed by atoms with Gasteiger partial charge in [-0.15, -0.1) is 0 Å². The first-order valence-corrected chi connectivity index (χ1v) is 6.04. The molecule has 0 radical (unpaired) electrons. The Morgan fingerprint density at radius 1 is 1.29 bits per heavy atom. The van der Waals surface area contributed by atoms with Crippen molar-refractivity contribution in [2.45, 2.75) is 50.4 Å². The van der Waals surface area contributed by atoms with Gasteiger partial charge >= 0.3 is 0 Å². The number of aliphatic hydroxyl groups excluding tert-OH is 3. The number of nitrogens with one attached hydrogen (secondary N) is 1. The number of hydrogen-bond donors (Lipinski definition) is 4. The van der Waals surface area contributed by atoms with Crippen LogP contribution in [0, 0.1) is 0 Å². The normalized spacial score (nSPS) is 38.3. The van der Waals surface area contributed by atoms with E-state index in [9.17, 15) is 10.2 Å². The van der Waals surface area contributed by atoms with Crippen molar-refractivity contribution in [2.75, 3.05) is 20.3 Å². The average Bonchev–Trinajstić information content (AvgIpc) is 2.34. The average molecular weight is 249 g/mol. The van der Waals surface area contributed by atoms with Gasteiger partial charge in [0.2, 0.25) is 0 Å². The number of rotatable bonds is 6. The summed E-state index contributed by atoms with van der Waals surface area (Å²) in [7, 11) is 1.42. The fourth-order valence-electron chi connectivity index (χ4n) is 1.97. The van der Waals surface area contributed by atoms with Crippen LogP contribution in [0.4, 0.5) is 0 Å². The lowest BCUT2D eigenvalue weighted by atomic mass is 9.96. The molecular weight excluding hydrogens is 226 g/mol. The Morgan fingerprint density at radius 2 is 2.00 bits per heavy atom. The minimum absolute atomic E-state index is 0.306. The van der Waals surface area contributed by atoms with Crippen LogP contribution in [0.25, 0.3) is 0 Å². The summed E-state index contributed by atoms with van der Waals surface area (Å²) in [5.74, 6) is 0. The molecule has 0 aromatic heterocycles. The summed E-state index contributed by atoms with van der Waals surface area (Å²) in [5, 5.41) is 32.1. The van der Waals surface area contributed by atoms with Crippen LogP contribution in [-0.2, 0) is 9.47 Å². The Kier molecular flexibility index (Phi) is 6.32. The van der Waals surface area contributed by atoms with Crippen LogP contribution in [0.2, 0.25) is 0 Å². The maximum Gasteiger partial charge on any atom is 0.185 e. The lowest BCUT2D eigenvalue weighted by Crippen LogP contribution is -2.64. The minimum Gasteiger partial charge on any atom is -0.394 e. The molecule has 1 heterocycles. The third-order valence-corrected chi connectivity index (χ3v) is 3.03. The Labute approximate surface area is 102 Å². The molecule has 0 saturated carbocycles. The molecule has 17 heavy (non-hydrogen) atoms. The zero-order chi connectivity index (χ0) is 12.8. The molecule has 1 aliphatic rings. The molecule has 0 amide bonds. The van der Waals surface area contributed by atoms with Crippen molar-refractivity contribution in [1.82, 2.24) is 5.32 Å². The lowest BCUT2D eigenvalue weighted by molar-refractivity contribution is -0.271. The molecule has 4 N–H and O–H groups in total. The van der Waals surface area contributed by atoms with Crippen molar-refractivity contribution >= 4 is 0 Å². The van der Waals surface area contributed by atoms with Gasteiger partial charge in [-0.25, -0.2) is 0 Å². The van der Waals surface area contributed by atoms with Crippen molar-refractivity contribution in [3.63, 3.8) is 0 Å². The third-order valence-electron chi connectivity index (χ3n) is 3.03.